The Bertz CT molecular complexity index is 414. The van der Waals surface area contributed by atoms with Crippen LogP contribution in [-0.4, -0.2) is 37.7 Å². The predicted molar refractivity (Wildman–Crippen MR) is 77.3 cm³/mol. The lowest BCUT2D eigenvalue weighted by Gasteiger charge is -2.16. The summed E-state index contributed by atoms with van der Waals surface area (Å²) < 4.78 is 5.15. The molecule has 0 saturated heterocycles. The van der Waals surface area contributed by atoms with Gasteiger partial charge in [0.25, 0.3) is 0 Å². The van der Waals surface area contributed by atoms with Crippen LogP contribution in [0.3, 0.4) is 0 Å². The van der Waals surface area contributed by atoms with Gasteiger partial charge in [-0.2, -0.15) is 11.8 Å². The Balaban J connectivity index is 2.37. The van der Waals surface area contributed by atoms with Gasteiger partial charge in [-0.05, 0) is 11.8 Å². The standard InChI is InChI=1S/C13H16BNO3S/c1-19-9-11(15-13(14)17)7-12(16)18-8-10-5-3-2-4-6-10/h2-6,11H,7-9H2,1H3,(H,15,17). The minimum Gasteiger partial charge on any atom is -0.461 e. The number of benzene rings is 1. The number of carbonyl (C=O) groups is 2. The van der Waals surface area contributed by atoms with Crippen molar-refractivity contribution in [1.29, 1.82) is 0 Å². The number of esters is 1. The zero-order valence-electron chi connectivity index (χ0n) is 10.8. The highest BCUT2D eigenvalue weighted by molar-refractivity contribution is 7.98. The summed E-state index contributed by atoms with van der Waals surface area (Å²) in [5.74, 6) is -0.366. The van der Waals surface area contributed by atoms with Crippen molar-refractivity contribution in [2.75, 3.05) is 12.0 Å². The molecular formula is C13H16BNO3S. The average Bonchev–Trinajstić information content (AvgIpc) is 2.37. The maximum Gasteiger partial charge on any atom is 0.308 e. The van der Waals surface area contributed by atoms with Crippen molar-refractivity contribution in [3.63, 3.8) is 0 Å². The highest BCUT2D eigenvalue weighted by atomic mass is 32.2. The zero-order valence-corrected chi connectivity index (χ0v) is 11.6. The number of amides is 1. The van der Waals surface area contributed by atoms with E-state index in [9.17, 15) is 9.59 Å². The van der Waals surface area contributed by atoms with Crippen molar-refractivity contribution in [1.82, 2.24) is 5.32 Å². The molecule has 0 heterocycles. The third-order valence-electron chi connectivity index (χ3n) is 2.37. The second-order valence-electron chi connectivity index (χ2n) is 4.01. The smallest absolute Gasteiger partial charge is 0.308 e. The quantitative estimate of drug-likeness (QED) is 0.609. The molecule has 1 atom stereocenters. The van der Waals surface area contributed by atoms with Crippen LogP contribution in [0.15, 0.2) is 30.3 Å². The fraction of sp³-hybridized carbons (Fsp3) is 0.385. The largest absolute Gasteiger partial charge is 0.461 e. The molecule has 1 N–H and O–H groups in total. The normalized spacial score (nSPS) is 11.6. The average molecular weight is 277 g/mol. The number of hydrogen-bond acceptors (Lipinski definition) is 4. The van der Waals surface area contributed by atoms with Crippen LogP contribution in [-0.2, 0) is 16.1 Å². The number of nitrogens with one attached hydrogen (secondary N) is 1. The monoisotopic (exact) mass is 277 g/mol. The summed E-state index contributed by atoms with van der Waals surface area (Å²) in [6.45, 7) is 0.238. The Morgan fingerprint density at radius 1 is 1.37 bits per heavy atom. The lowest BCUT2D eigenvalue weighted by Crippen LogP contribution is -2.37. The van der Waals surface area contributed by atoms with E-state index in [-0.39, 0.29) is 25.0 Å². The maximum atomic E-state index is 11.7. The second-order valence-corrected chi connectivity index (χ2v) is 4.92. The highest BCUT2D eigenvalue weighted by Crippen LogP contribution is 2.06. The van der Waals surface area contributed by atoms with Gasteiger partial charge in [0, 0.05) is 11.8 Å². The number of ether oxygens (including phenoxy) is 1. The van der Waals surface area contributed by atoms with Crippen LogP contribution in [0.4, 0.5) is 4.79 Å². The third-order valence-corrected chi connectivity index (χ3v) is 3.11. The van der Waals surface area contributed by atoms with Gasteiger partial charge in [0.2, 0.25) is 7.85 Å². The van der Waals surface area contributed by atoms with E-state index in [4.69, 9.17) is 12.6 Å². The number of thioether (sulfide) groups is 1. The van der Waals surface area contributed by atoms with Gasteiger partial charge in [0.05, 0.1) is 6.42 Å². The highest BCUT2D eigenvalue weighted by Gasteiger charge is 2.15. The minimum absolute atomic E-state index is 0.122. The van der Waals surface area contributed by atoms with Crippen LogP contribution >= 0.6 is 11.8 Å². The Kier molecular flexibility index (Phi) is 7.11. The van der Waals surface area contributed by atoms with Gasteiger partial charge in [0.1, 0.15) is 6.61 Å². The molecule has 0 aliphatic rings. The Morgan fingerprint density at radius 3 is 2.63 bits per heavy atom. The summed E-state index contributed by atoms with van der Waals surface area (Å²) in [5, 5.41) is 2.53. The first-order valence-electron chi connectivity index (χ1n) is 5.86. The first-order chi connectivity index (χ1) is 9.11. The second kappa shape index (κ2) is 8.64. The molecule has 19 heavy (non-hydrogen) atoms. The first-order valence-corrected chi connectivity index (χ1v) is 7.25. The summed E-state index contributed by atoms with van der Waals surface area (Å²) in [6, 6.07) is 9.14. The van der Waals surface area contributed by atoms with Gasteiger partial charge in [-0.3, -0.25) is 9.59 Å². The van der Waals surface area contributed by atoms with E-state index in [2.05, 4.69) is 5.32 Å². The Labute approximate surface area is 118 Å². The summed E-state index contributed by atoms with van der Waals surface area (Å²) in [6.07, 6.45) is 2.02. The van der Waals surface area contributed by atoms with E-state index in [1.807, 2.05) is 36.6 Å². The number of rotatable bonds is 7. The third kappa shape index (κ3) is 6.91. The van der Waals surface area contributed by atoms with Crippen LogP contribution in [0.1, 0.15) is 12.0 Å². The molecule has 1 rings (SSSR count). The molecule has 0 aromatic heterocycles. The van der Waals surface area contributed by atoms with Crippen molar-refractivity contribution in [2.24, 2.45) is 0 Å². The van der Waals surface area contributed by atoms with Gasteiger partial charge < -0.3 is 10.1 Å². The molecule has 100 valence electrons. The summed E-state index contributed by atoms with van der Waals surface area (Å²) >= 11 is 1.53. The van der Waals surface area contributed by atoms with Crippen LogP contribution < -0.4 is 5.32 Å². The molecule has 1 aromatic rings. The molecule has 0 spiro atoms. The van der Waals surface area contributed by atoms with Crippen LogP contribution in [0.5, 0.6) is 0 Å². The Hall–Kier alpha value is -1.43. The molecule has 0 aliphatic carbocycles. The Morgan fingerprint density at radius 2 is 2.05 bits per heavy atom. The molecule has 0 saturated carbocycles. The van der Waals surface area contributed by atoms with Crippen LogP contribution in [0.2, 0.25) is 0 Å². The van der Waals surface area contributed by atoms with Crippen molar-refractivity contribution < 1.29 is 14.3 Å². The first kappa shape index (κ1) is 15.6. The van der Waals surface area contributed by atoms with Crippen LogP contribution in [0.25, 0.3) is 0 Å². The van der Waals surface area contributed by atoms with Crippen molar-refractivity contribution in [3.05, 3.63) is 35.9 Å². The number of carbonyl (C=O) groups excluding carboxylic acids is 2. The summed E-state index contributed by atoms with van der Waals surface area (Å²) in [4.78, 5) is 22.5. The molecule has 1 unspecified atom stereocenters. The van der Waals surface area contributed by atoms with Gasteiger partial charge in [0.15, 0.2) is 5.81 Å². The molecule has 6 heteroatoms. The van der Waals surface area contributed by atoms with E-state index >= 15 is 0 Å². The van der Waals surface area contributed by atoms with Gasteiger partial charge in [-0.15, -0.1) is 0 Å². The molecule has 0 bridgehead atoms. The van der Waals surface area contributed by atoms with E-state index in [0.29, 0.717) is 5.75 Å². The summed E-state index contributed by atoms with van der Waals surface area (Å²) in [7, 11) is 5.05. The topological polar surface area (TPSA) is 55.4 Å². The van der Waals surface area contributed by atoms with Gasteiger partial charge >= 0.3 is 5.97 Å². The fourth-order valence-corrected chi connectivity index (χ4v) is 2.16. The van der Waals surface area contributed by atoms with Gasteiger partial charge in [-0.25, -0.2) is 0 Å². The van der Waals surface area contributed by atoms with Gasteiger partial charge in [-0.1, -0.05) is 30.3 Å². The van der Waals surface area contributed by atoms with E-state index < -0.39 is 5.81 Å². The van der Waals surface area contributed by atoms with E-state index in [1.165, 1.54) is 11.8 Å². The maximum absolute atomic E-state index is 11.7. The molecule has 4 nitrogen and oxygen atoms in total. The van der Waals surface area contributed by atoms with E-state index in [1.54, 1.807) is 0 Å². The predicted octanol–water partition coefficient (Wildman–Crippen LogP) is 1.73. The van der Waals surface area contributed by atoms with Crippen molar-refractivity contribution in [3.8, 4) is 0 Å². The van der Waals surface area contributed by atoms with Crippen molar-refractivity contribution >= 4 is 31.4 Å². The molecule has 1 aromatic carbocycles. The molecule has 2 radical (unpaired) electrons. The molecule has 1 amide bonds. The molecule has 0 fully saturated rings. The lowest BCUT2D eigenvalue weighted by molar-refractivity contribution is -0.145. The zero-order chi connectivity index (χ0) is 14.1. The van der Waals surface area contributed by atoms with Crippen LogP contribution in [0, 0.1) is 0 Å². The number of hydrogen-bond donors (Lipinski definition) is 1. The SMILES string of the molecule is [B]C(=O)NC(CSC)CC(=O)OCc1ccccc1. The lowest BCUT2D eigenvalue weighted by atomic mass is 10.1. The molecule has 0 aliphatic heterocycles. The van der Waals surface area contributed by atoms with E-state index in [0.717, 1.165) is 5.56 Å². The molecular weight excluding hydrogens is 261 g/mol. The minimum atomic E-state index is -0.630. The fourth-order valence-electron chi connectivity index (χ4n) is 1.55. The summed E-state index contributed by atoms with van der Waals surface area (Å²) in [5.41, 5.74) is 0.931. The van der Waals surface area contributed by atoms with Crippen molar-refractivity contribution in [2.45, 2.75) is 19.1 Å².